The summed E-state index contributed by atoms with van der Waals surface area (Å²) in [5, 5.41) is 0.769. The van der Waals surface area contributed by atoms with Gasteiger partial charge in [-0.05, 0) is 79.1 Å². The molecule has 0 aliphatic carbocycles. The van der Waals surface area contributed by atoms with Crippen LogP contribution in [0.3, 0.4) is 0 Å². The number of carbonyl (C=O) groups excluding carboxylic acids is 1. The lowest BCUT2D eigenvalue weighted by atomic mass is 10.1. The molecule has 0 aromatic heterocycles. The first-order valence-corrected chi connectivity index (χ1v) is 13.0. The van der Waals surface area contributed by atoms with Crippen LogP contribution in [-0.2, 0) is 21.4 Å². The van der Waals surface area contributed by atoms with E-state index < -0.39 is 10.0 Å². The Morgan fingerprint density at radius 1 is 0.939 bits per heavy atom. The van der Waals surface area contributed by atoms with Crippen molar-refractivity contribution in [2.75, 3.05) is 18.5 Å². The maximum Gasteiger partial charge on any atom is 0.243 e. The molecular formula is C24H23BrCl2N2O3S. The molecule has 1 amide bonds. The third-order valence-electron chi connectivity index (χ3n) is 5.38. The highest BCUT2D eigenvalue weighted by Crippen LogP contribution is 2.26. The van der Waals surface area contributed by atoms with E-state index in [-0.39, 0.29) is 23.9 Å². The number of hydrogen-bond acceptors (Lipinski definition) is 3. The Hall–Kier alpha value is -1.90. The number of amides is 1. The zero-order valence-corrected chi connectivity index (χ0v) is 22.3. The SMILES string of the molecule is Cc1ccc(N(C)C(=O)CN(Cc2ccc(Cl)cc2Cl)S(=O)(=O)c2ccc(Br)cc2)cc1C. The van der Waals surface area contributed by atoms with Crippen molar-refractivity contribution in [2.24, 2.45) is 0 Å². The molecule has 5 nitrogen and oxygen atoms in total. The molecule has 3 aromatic rings. The fraction of sp³-hybridized carbons (Fsp3) is 0.208. The Bertz CT molecular complexity index is 1280. The number of hydrogen-bond donors (Lipinski definition) is 0. The van der Waals surface area contributed by atoms with Crippen molar-refractivity contribution in [2.45, 2.75) is 25.3 Å². The lowest BCUT2D eigenvalue weighted by Crippen LogP contribution is -2.41. The van der Waals surface area contributed by atoms with E-state index in [1.807, 2.05) is 32.0 Å². The van der Waals surface area contributed by atoms with Crippen LogP contribution in [0.4, 0.5) is 5.69 Å². The van der Waals surface area contributed by atoms with Gasteiger partial charge in [-0.15, -0.1) is 0 Å². The standard InChI is InChI=1S/C24H23BrCl2N2O3S/c1-16-4-9-21(12-17(16)2)28(3)24(30)15-29(14-18-5-8-20(26)13-23(18)27)33(31,32)22-10-6-19(25)7-11-22/h4-13H,14-15H2,1-3H3. The van der Waals surface area contributed by atoms with Crippen molar-refractivity contribution >= 4 is 60.7 Å². The summed E-state index contributed by atoms with van der Waals surface area (Å²) in [7, 11) is -2.36. The van der Waals surface area contributed by atoms with Crippen LogP contribution < -0.4 is 4.90 Å². The van der Waals surface area contributed by atoms with Gasteiger partial charge in [-0.1, -0.05) is 51.3 Å². The van der Waals surface area contributed by atoms with Gasteiger partial charge in [-0.25, -0.2) is 8.42 Å². The predicted molar refractivity (Wildman–Crippen MR) is 138 cm³/mol. The van der Waals surface area contributed by atoms with Crippen LogP contribution >= 0.6 is 39.1 Å². The molecule has 0 atom stereocenters. The monoisotopic (exact) mass is 568 g/mol. The van der Waals surface area contributed by atoms with Gasteiger partial charge in [0.05, 0.1) is 11.4 Å². The Labute approximate surface area is 213 Å². The third kappa shape index (κ3) is 6.16. The van der Waals surface area contributed by atoms with E-state index in [1.165, 1.54) is 17.0 Å². The molecule has 9 heteroatoms. The van der Waals surface area contributed by atoms with Crippen LogP contribution in [-0.4, -0.2) is 32.2 Å². The van der Waals surface area contributed by atoms with Gasteiger partial charge in [0.15, 0.2) is 0 Å². The smallest absolute Gasteiger partial charge is 0.243 e. The Kier molecular flexibility index (Phi) is 8.24. The van der Waals surface area contributed by atoms with E-state index in [2.05, 4.69) is 15.9 Å². The van der Waals surface area contributed by atoms with Gasteiger partial charge in [0.2, 0.25) is 15.9 Å². The summed E-state index contributed by atoms with van der Waals surface area (Å²) in [5.74, 6) is -0.371. The van der Waals surface area contributed by atoms with Crippen LogP contribution in [0.15, 0.2) is 70.0 Å². The number of aryl methyl sites for hydroxylation is 2. The Balaban J connectivity index is 1.95. The summed E-state index contributed by atoms with van der Waals surface area (Å²) in [6, 6.07) is 16.8. The van der Waals surface area contributed by atoms with Crippen molar-refractivity contribution < 1.29 is 13.2 Å². The second-order valence-electron chi connectivity index (χ2n) is 7.68. The molecule has 0 saturated carbocycles. The normalized spacial score (nSPS) is 11.6. The van der Waals surface area contributed by atoms with Crippen LogP contribution in [0.2, 0.25) is 10.0 Å². The van der Waals surface area contributed by atoms with E-state index in [4.69, 9.17) is 23.2 Å². The van der Waals surface area contributed by atoms with Crippen molar-refractivity contribution in [1.29, 1.82) is 0 Å². The largest absolute Gasteiger partial charge is 0.314 e. The van der Waals surface area contributed by atoms with E-state index >= 15 is 0 Å². The summed E-state index contributed by atoms with van der Waals surface area (Å²) in [5.41, 5.74) is 3.38. The predicted octanol–water partition coefficient (Wildman–Crippen LogP) is 6.23. The molecule has 0 saturated heterocycles. The minimum Gasteiger partial charge on any atom is -0.314 e. The number of nitrogens with zero attached hydrogens (tertiary/aromatic N) is 2. The molecular weight excluding hydrogens is 547 g/mol. The van der Waals surface area contributed by atoms with Gasteiger partial charge in [-0.2, -0.15) is 4.31 Å². The van der Waals surface area contributed by atoms with Gasteiger partial charge in [0, 0.05) is 33.8 Å². The highest BCUT2D eigenvalue weighted by atomic mass is 79.9. The van der Waals surface area contributed by atoms with Crippen molar-refractivity contribution in [3.8, 4) is 0 Å². The number of halogens is 3. The summed E-state index contributed by atoms with van der Waals surface area (Å²) in [6.45, 7) is 3.51. The van der Waals surface area contributed by atoms with Crippen molar-refractivity contribution in [1.82, 2.24) is 4.31 Å². The quantitative estimate of drug-likeness (QED) is 0.339. The highest BCUT2D eigenvalue weighted by molar-refractivity contribution is 9.10. The van der Waals surface area contributed by atoms with Crippen molar-refractivity contribution in [3.63, 3.8) is 0 Å². The molecule has 3 rings (SSSR count). The maximum absolute atomic E-state index is 13.5. The summed E-state index contributed by atoms with van der Waals surface area (Å²) < 4.78 is 28.9. The molecule has 33 heavy (non-hydrogen) atoms. The fourth-order valence-corrected chi connectivity index (χ4v) is 5.26. The molecule has 3 aromatic carbocycles. The molecule has 0 bridgehead atoms. The number of carbonyl (C=O) groups is 1. The average molecular weight is 570 g/mol. The topological polar surface area (TPSA) is 57.7 Å². The van der Waals surface area contributed by atoms with Gasteiger partial charge in [0.1, 0.15) is 0 Å². The molecule has 0 heterocycles. The van der Waals surface area contributed by atoms with E-state index in [1.54, 1.807) is 37.4 Å². The first-order valence-electron chi connectivity index (χ1n) is 10.0. The van der Waals surface area contributed by atoms with Crippen LogP contribution in [0.1, 0.15) is 16.7 Å². The van der Waals surface area contributed by atoms with Gasteiger partial charge < -0.3 is 4.90 Å². The van der Waals surface area contributed by atoms with Crippen LogP contribution in [0.5, 0.6) is 0 Å². The lowest BCUT2D eigenvalue weighted by Gasteiger charge is -2.26. The highest BCUT2D eigenvalue weighted by Gasteiger charge is 2.29. The van der Waals surface area contributed by atoms with Gasteiger partial charge in [-0.3, -0.25) is 4.79 Å². The number of rotatable bonds is 7. The van der Waals surface area contributed by atoms with E-state index in [9.17, 15) is 13.2 Å². The molecule has 0 aliphatic rings. The second-order valence-corrected chi connectivity index (χ2v) is 11.4. The second kappa shape index (κ2) is 10.6. The maximum atomic E-state index is 13.5. The van der Waals surface area contributed by atoms with Gasteiger partial charge in [0.25, 0.3) is 0 Å². The zero-order valence-electron chi connectivity index (χ0n) is 18.3. The minimum absolute atomic E-state index is 0.0809. The first kappa shape index (κ1) is 25.7. The molecule has 0 aliphatic heterocycles. The Morgan fingerprint density at radius 2 is 1.61 bits per heavy atom. The summed E-state index contributed by atoms with van der Waals surface area (Å²) >= 11 is 15.6. The molecule has 0 radical (unpaired) electrons. The van der Waals surface area contributed by atoms with Crippen LogP contribution in [0.25, 0.3) is 0 Å². The first-order chi connectivity index (χ1) is 15.5. The lowest BCUT2D eigenvalue weighted by molar-refractivity contribution is -0.118. The number of anilines is 1. The fourth-order valence-electron chi connectivity index (χ4n) is 3.16. The minimum atomic E-state index is -4.00. The molecule has 0 fully saturated rings. The molecule has 0 N–H and O–H groups in total. The zero-order chi connectivity index (χ0) is 24.3. The van der Waals surface area contributed by atoms with Crippen LogP contribution in [0, 0.1) is 13.8 Å². The number of likely N-dealkylation sites (N-methyl/N-ethyl adjacent to an activating group) is 1. The Morgan fingerprint density at radius 3 is 2.21 bits per heavy atom. The summed E-state index contributed by atoms with van der Waals surface area (Å²) in [6.07, 6.45) is 0. The van der Waals surface area contributed by atoms with E-state index in [0.29, 0.717) is 21.3 Å². The molecule has 0 spiro atoms. The molecule has 174 valence electrons. The van der Waals surface area contributed by atoms with Gasteiger partial charge >= 0.3 is 0 Å². The number of sulfonamides is 1. The van der Waals surface area contributed by atoms with E-state index in [0.717, 1.165) is 19.9 Å². The third-order valence-corrected chi connectivity index (χ3v) is 8.30. The summed E-state index contributed by atoms with van der Waals surface area (Å²) in [4.78, 5) is 14.7. The van der Waals surface area contributed by atoms with Crippen molar-refractivity contribution in [3.05, 3.63) is 91.9 Å². The molecule has 0 unspecified atom stereocenters. The number of benzene rings is 3. The average Bonchev–Trinajstić information content (AvgIpc) is 2.76.